The zero-order valence-electron chi connectivity index (χ0n) is 12.7. The Morgan fingerprint density at radius 3 is 2.58 bits per heavy atom. The van der Waals surface area contributed by atoms with E-state index in [4.69, 9.17) is 9.47 Å². The van der Waals surface area contributed by atoms with Crippen LogP contribution in [0.1, 0.15) is 43.6 Å². The van der Waals surface area contributed by atoms with Gasteiger partial charge in [-0.3, -0.25) is 0 Å². The summed E-state index contributed by atoms with van der Waals surface area (Å²) in [6.07, 6.45) is 0.152. The minimum absolute atomic E-state index is 0.0637. The first-order valence-electron chi connectivity index (χ1n) is 6.95. The number of hydrogen-bond acceptors (Lipinski definition) is 3. The molecule has 106 valence electrons. The Morgan fingerprint density at radius 1 is 1.32 bits per heavy atom. The van der Waals surface area contributed by atoms with Crippen LogP contribution in [0.15, 0.2) is 12.1 Å². The SMILES string of the molecule is COc1c(C)cc(C2CNCCO2)cc1C(C)(C)C. The topological polar surface area (TPSA) is 30.5 Å². The molecular weight excluding hydrogens is 238 g/mol. The monoisotopic (exact) mass is 263 g/mol. The van der Waals surface area contributed by atoms with Crippen LogP contribution in [0.2, 0.25) is 0 Å². The first kappa shape index (κ1) is 14.4. The van der Waals surface area contributed by atoms with Gasteiger partial charge >= 0.3 is 0 Å². The van der Waals surface area contributed by atoms with Crippen LogP contribution in [0.5, 0.6) is 5.75 Å². The van der Waals surface area contributed by atoms with Crippen molar-refractivity contribution in [2.24, 2.45) is 0 Å². The molecule has 1 atom stereocenters. The van der Waals surface area contributed by atoms with Gasteiger partial charge in [0, 0.05) is 18.7 Å². The number of ether oxygens (including phenoxy) is 2. The maximum atomic E-state index is 5.86. The molecule has 0 amide bonds. The molecule has 1 unspecified atom stereocenters. The van der Waals surface area contributed by atoms with E-state index in [2.05, 4.69) is 45.1 Å². The predicted molar refractivity (Wildman–Crippen MR) is 78.0 cm³/mol. The summed E-state index contributed by atoms with van der Waals surface area (Å²) in [5, 5.41) is 3.38. The van der Waals surface area contributed by atoms with Crippen LogP contribution in [-0.4, -0.2) is 26.8 Å². The van der Waals surface area contributed by atoms with Crippen molar-refractivity contribution >= 4 is 0 Å². The summed E-state index contributed by atoms with van der Waals surface area (Å²) < 4.78 is 11.4. The van der Waals surface area contributed by atoms with Gasteiger partial charge in [0.2, 0.25) is 0 Å². The summed E-state index contributed by atoms with van der Waals surface area (Å²) in [5.41, 5.74) is 3.74. The van der Waals surface area contributed by atoms with Crippen molar-refractivity contribution in [1.82, 2.24) is 5.32 Å². The number of methoxy groups -OCH3 is 1. The van der Waals surface area contributed by atoms with Crippen molar-refractivity contribution in [3.63, 3.8) is 0 Å². The smallest absolute Gasteiger partial charge is 0.125 e. The third-order valence-corrected chi connectivity index (χ3v) is 3.61. The number of hydrogen-bond donors (Lipinski definition) is 1. The maximum absolute atomic E-state index is 5.86. The Bertz CT molecular complexity index is 443. The molecule has 0 radical (unpaired) electrons. The molecule has 1 aromatic carbocycles. The van der Waals surface area contributed by atoms with E-state index in [9.17, 15) is 0 Å². The molecule has 1 aliphatic rings. The van der Waals surface area contributed by atoms with Crippen LogP contribution in [0.25, 0.3) is 0 Å². The molecule has 1 heterocycles. The molecule has 2 rings (SSSR count). The average Bonchev–Trinajstić information content (AvgIpc) is 2.37. The van der Waals surface area contributed by atoms with Crippen LogP contribution in [0.3, 0.4) is 0 Å². The molecule has 0 spiro atoms. The van der Waals surface area contributed by atoms with Gasteiger partial charge in [0.25, 0.3) is 0 Å². The first-order chi connectivity index (χ1) is 8.93. The molecule has 0 bridgehead atoms. The summed E-state index contributed by atoms with van der Waals surface area (Å²) in [7, 11) is 1.75. The van der Waals surface area contributed by atoms with Gasteiger partial charge in [-0.25, -0.2) is 0 Å². The van der Waals surface area contributed by atoms with E-state index in [1.807, 2.05) is 0 Å². The molecule has 3 heteroatoms. The minimum Gasteiger partial charge on any atom is -0.496 e. The van der Waals surface area contributed by atoms with E-state index < -0.39 is 0 Å². The maximum Gasteiger partial charge on any atom is 0.125 e. The first-order valence-corrected chi connectivity index (χ1v) is 6.95. The number of benzene rings is 1. The lowest BCUT2D eigenvalue weighted by atomic mass is 9.83. The fourth-order valence-electron chi connectivity index (χ4n) is 2.60. The summed E-state index contributed by atoms with van der Waals surface area (Å²) in [5.74, 6) is 1.00. The van der Waals surface area contributed by atoms with Gasteiger partial charge in [0.05, 0.1) is 19.8 Å². The Hall–Kier alpha value is -1.06. The zero-order chi connectivity index (χ0) is 14.0. The van der Waals surface area contributed by atoms with Crippen LogP contribution in [-0.2, 0) is 10.2 Å². The van der Waals surface area contributed by atoms with Crippen LogP contribution < -0.4 is 10.1 Å². The highest BCUT2D eigenvalue weighted by molar-refractivity contribution is 5.48. The lowest BCUT2D eigenvalue weighted by Gasteiger charge is -2.28. The molecule has 0 aromatic heterocycles. The molecule has 0 saturated carbocycles. The van der Waals surface area contributed by atoms with Crippen molar-refractivity contribution in [1.29, 1.82) is 0 Å². The second-order valence-electron chi connectivity index (χ2n) is 6.23. The Kier molecular flexibility index (Phi) is 4.16. The largest absolute Gasteiger partial charge is 0.496 e. The van der Waals surface area contributed by atoms with Gasteiger partial charge in [-0.1, -0.05) is 20.8 Å². The summed E-state index contributed by atoms with van der Waals surface area (Å²) in [4.78, 5) is 0. The van der Waals surface area contributed by atoms with Crippen molar-refractivity contribution in [2.45, 2.75) is 39.2 Å². The third kappa shape index (κ3) is 3.10. The number of nitrogens with one attached hydrogen (secondary N) is 1. The van der Waals surface area contributed by atoms with E-state index >= 15 is 0 Å². The molecule has 3 nitrogen and oxygen atoms in total. The number of rotatable bonds is 2. The van der Waals surface area contributed by atoms with Crippen LogP contribution >= 0.6 is 0 Å². The quantitative estimate of drug-likeness (QED) is 0.890. The summed E-state index contributed by atoms with van der Waals surface area (Å²) in [6.45, 7) is 11.4. The van der Waals surface area contributed by atoms with Gasteiger partial charge in [-0.2, -0.15) is 0 Å². The highest BCUT2D eigenvalue weighted by Crippen LogP contribution is 2.36. The number of aryl methyl sites for hydroxylation is 1. The standard InChI is InChI=1S/C16H25NO2/c1-11-8-12(14-10-17-6-7-19-14)9-13(15(11)18-5)16(2,3)4/h8-9,14,17H,6-7,10H2,1-5H3. The average molecular weight is 263 g/mol. The Morgan fingerprint density at radius 2 is 2.05 bits per heavy atom. The third-order valence-electron chi connectivity index (χ3n) is 3.61. The van der Waals surface area contributed by atoms with Gasteiger partial charge in [-0.05, 0) is 35.6 Å². The van der Waals surface area contributed by atoms with Crippen LogP contribution in [0.4, 0.5) is 0 Å². The predicted octanol–water partition coefficient (Wildman–Crippen LogP) is 2.96. The fraction of sp³-hybridized carbons (Fsp3) is 0.625. The van der Waals surface area contributed by atoms with E-state index in [-0.39, 0.29) is 11.5 Å². The minimum atomic E-state index is 0.0637. The lowest BCUT2D eigenvalue weighted by molar-refractivity contribution is 0.0275. The fourth-order valence-corrected chi connectivity index (χ4v) is 2.60. The summed E-state index contributed by atoms with van der Waals surface area (Å²) in [6, 6.07) is 4.43. The lowest BCUT2D eigenvalue weighted by Crippen LogP contribution is -2.33. The molecule has 1 fully saturated rings. The normalized spacial score (nSPS) is 20.4. The molecule has 0 aliphatic carbocycles. The molecule has 1 aliphatic heterocycles. The Labute approximate surface area is 116 Å². The zero-order valence-corrected chi connectivity index (χ0v) is 12.7. The molecule has 1 N–H and O–H groups in total. The highest BCUT2D eigenvalue weighted by atomic mass is 16.5. The van der Waals surface area contributed by atoms with E-state index in [0.29, 0.717) is 0 Å². The van der Waals surface area contributed by atoms with Gasteiger partial charge in [0.15, 0.2) is 0 Å². The number of morpholine rings is 1. The highest BCUT2D eigenvalue weighted by Gasteiger charge is 2.24. The molecule has 19 heavy (non-hydrogen) atoms. The van der Waals surface area contributed by atoms with Crippen molar-refractivity contribution in [2.75, 3.05) is 26.8 Å². The van der Waals surface area contributed by atoms with E-state index in [1.165, 1.54) is 16.7 Å². The Balaban J connectivity index is 2.43. The van der Waals surface area contributed by atoms with Crippen molar-refractivity contribution in [3.05, 3.63) is 28.8 Å². The van der Waals surface area contributed by atoms with E-state index in [0.717, 1.165) is 25.4 Å². The van der Waals surface area contributed by atoms with Gasteiger partial charge in [0.1, 0.15) is 5.75 Å². The molecule has 1 aromatic rings. The van der Waals surface area contributed by atoms with E-state index in [1.54, 1.807) is 7.11 Å². The summed E-state index contributed by atoms with van der Waals surface area (Å²) >= 11 is 0. The van der Waals surface area contributed by atoms with Gasteiger partial charge < -0.3 is 14.8 Å². The second-order valence-corrected chi connectivity index (χ2v) is 6.23. The second kappa shape index (κ2) is 5.51. The molecular formula is C16H25NO2. The van der Waals surface area contributed by atoms with Crippen molar-refractivity contribution in [3.8, 4) is 5.75 Å². The van der Waals surface area contributed by atoms with Gasteiger partial charge in [-0.15, -0.1) is 0 Å². The molecule has 1 saturated heterocycles. The van der Waals surface area contributed by atoms with Crippen LogP contribution in [0, 0.1) is 6.92 Å². The van der Waals surface area contributed by atoms with Crippen molar-refractivity contribution < 1.29 is 9.47 Å².